The maximum Gasteiger partial charge on any atom is 0.416 e. The Morgan fingerprint density at radius 1 is 1.06 bits per heavy atom. The molecule has 0 amide bonds. The number of hydrogen-bond donors (Lipinski definition) is 0. The zero-order valence-electron chi connectivity index (χ0n) is 19.8. The molecule has 1 aliphatic rings. The predicted molar refractivity (Wildman–Crippen MR) is 132 cm³/mol. The first-order valence-corrected chi connectivity index (χ1v) is 11.8. The number of hydrogen-bond acceptors (Lipinski definition) is 4. The molecule has 1 atom stereocenters. The van der Waals surface area contributed by atoms with Gasteiger partial charge in [-0.05, 0) is 61.1 Å². The Bertz CT molecular complexity index is 1410. The van der Waals surface area contributed by atoms with Gasteiger partial charge in [-0.25, -0.2) is 4.79 Å². The van der Waals surface area contributed by atoms with E-state index in [9.17, 15) is 22.8 Å². The Kier molecular flexibility index (Phi) is 7.40. The van der Waals surface area contributed by atoms with Gasteiger partial charge in [-0.3, -0.25) is 13.9 Å². The molecule has 0 radical (unpaired) electrons. The topological polar surface area (TPSA) is 65.6 Å². The smallest absolute Gasteiger partial charge is 0.416 e. The number of aromatic nitrogens is 2. The molecule has 2 heterocycles. The van der Waals surface area contributed by atoms with Crippen LogP contribution in [0.5, 0.6) is 0 Å². The predicted octanol–water partition coefficient (Wildman–Crippen LogP) is 5.20. The average molecular weight is 520 g/mol. The third kappa shape index (κ3) is 5.56. The highest BCUT2D eigenvalue weighted by atomic mass is 35.5. The van der Waals surface area contributed by atoms with E-state index in [1.807, 2.05) is 12.1 Å². The van der Waals surface area contributed by atoms with Crippen molar-refractivity contribution < 1.29 is 17.9 Å². The molecule has 190 valence electrons. The van der Waals surface area contributed by atoms with Gasteiger partial charge >= 0.3 is 11.9 Å². The van der Waals surface area contributed by atoms with Crippen molar-refractivity contribution >= 4 is 23.3 Å². The van der Waals surface area contributed by atoms with Gasteiger partial charge in [-0.2, -0.15) is 18.2 Å². The minimum absolute atomic E-state index is 0.131. The molecular formula is C26H25ClF3N3O3. The third-order valence-corrected chi connectivity index (χ3v) is 6.62. The van der Waals surface area contributed by atoms with Crippen molar-refractivity contribution in [3.05, 3.63) is 96.6 Å². The van der Waals surface area contributed by atoms with Crippen LogP contribution in [0.4, 0.5) is 19.0 Å². The second kappa shape index (κ2) is 10.3. The summed E-state index contributed by atoms with van der Waals surface area (Å²) in [5, 5.41) is 0.632. The summed E-state index contributed by atoms with van der Waals surface area (Å²) in [6.45, 7) is -0.131. The van der Waals surface area contributed by atoms with Crippen LogP contribution in [-0.2, 0) is 44.5 Å². The number of ether oxygens (including phenoxy) is 1. The lowest BCUT2D eigenvalue weighted by Crippen LogP contribution is -2.38. The Morgan fingerprint density at radius 2 is 1.78 bits per heavy atom. The Balaban J connectivity index is 1.66. The molecule has 0 bridgehead atoms. The number of alkyl halides is 3. The summed E-state index contributed by atoms with van der Waals surface area (Å²) in [7, 11) is 2.95. The van der Waals surface area contributed by atoms with Crippen molar-refractivity contribution in [1.29, 1.82) is 0 Å². The van der Waals surface area contributed by atoms with Gasteiger partial charge in [0.25, 0.3) is 5.56 Å². The first-order valence-electron chi connectivity index (χ1n) is 11.5. The molecule has 0 aliphatic carbocycles. The summed E-state index contributed by atoms with van der Waals surface area (Å²) in [4.78, 5) is 29.9. The lowest BCUT2D eigenvalue weighted by atomic mass is 9.94. The van der Waals surface area contributed by atoms with Crippen LogP contribution < -0.4 is 11.2 Å². The molecule has 0 saturated carbocycles. The molecule has 0 spiro atoms. The van der Waals surface area contributed by atoms with E-state index >= 15 is 0 Å². The largest absolute Gasteiger partial charge is 0.476 e. The monoisotopic (exact) mass is 519 g/mol. The van der Waals surface area contributed by atoms with Crippen molar-refractivity contribution in [2.24, 2.45) is 25.0 Å². The van der Waals surface area contributed by atoms with Crippen molar-refractivity contribution in [2.75, 3.05) is 0 Å². The van der Waals surface area contributed by atoms with Crippen LogP contribution in [0.1, 0.15) is 35.1 Å². The van der Waals surface area contributed by atoms with Crippen LogP contribution in [0.3, 0.4) is 0 Å². The van der Waals surface area contributed by atoms with E-state index in [4.69, 9.17) is 16.3 Å². The van der Waals surface area contributed by atoms with Gasteiger partial charge < -0.3 is 4.74 Å². The second-order valence-corrected chi connectivity index (χ2v) is 9.28. The van der Waals surface area contributed by atoms with Crippen LogP contribution in [0.15, 0.2) is 63.1 Å². The molecular weight excluding hydrogens is 495 g/mol. The van der Waals surface area contributed by atoms with Gasteiger partial charge in [0.15, 0.2) is 5.90 Å². The summed E-state index contributed by atoms with van der Waals surface area (Å²) in [5.74, 6) is 0.304. The van der Waals surface area contributed by atoms with Gasteiger partial charge in [0.1, 0.15) is 12.4 Å². The fourth-order valence-electron chi connectivity index (χ4n) is 4.31. The van der Waals surface area contributed by atoms with Crippen molar-refractivity contribution in [3.63, 3.8) is 0 Å². The molecule has 3 aromatic rings. The number of fused-ring (bicyclic) bond motifs is 1. The molecule has 0 N–H and O–H groups in total. The number of nitrogens with zero attached hydrogens (tertiary/aromatic N) is 3. The van der Waals surface area contributed by atoms with E-state index < -0.39 is 23.0 Å². The van der Waals surface area contributed by atoms with Crippen LogP contribution in [0.25, 0.3) is 0 Å². The summed E-state index contributed by atoms with van der Waals surface area (Å²) >= 11 is 5.98. The normalized spacial score (nSPS) is 15.7. The summed E-state index contributed by atoms with van der Waals surface area (Å²) in [5.41, 5.74) is 0.121. The fraction of sp³-hybridized carbons (Fsp3) is 0.346. The molecule has 36 heavy (non-hydrogen) atoms. The number of halogens is 4. The first-order chi connectivity index (χ1) is 17.0. The average Bonchev–Trinajstić information content (AvgIpc) is 3.04. The van der Waals surface area contributed by atoms with E-state index in [2.05, 4.69) is 4.99 Å². The Hall–Kier alpha value is -3.33. The minimum Gasteiger partial charge on any atom is -0.476 e. The Labute approximate surface area is 210 Å². The zero-order chi connectivity index (χ0) is 26.0. The molecule has 0 fully saturated rings. The van der Waals surface area contributed by atoms with Crippen LogP contribution >= 0.6 is 11.6 Å². The summed E-state index contributed by atoms with van der Waals surface area (Å²) in [6.07, 6.45) is -2.22. The molecule has 6 nitrogen and oxygen atoms in total. The molecule has 1 aromatic heterocycles. The van der Waals surface area contributed by atoms with E-state index in [0.29, 0.717) is 47.7 Å². The molecule has 0 saturated heterocycles. The highest BCUT2D eigenvalue weighted by Crippen LogP contribution is 2.31. The maximum absolute atomic E-state index is 13.1. The van der Waals surface area contributed by atoms with E-state index in [1.54, 1.807) is 18.2 Å². The van der Waals surface area contributed by atoms with Gasteiger partial charge in [-0.1, -0.05) is 35.9 Å². The highest BCUT2D eigenvalue weighted by molar-refractivity contribution is 6.30. The molecule has 2 aromatic carbocycles. The van der Waals surface area contributed by atoms with Crippen LogP contribution in [0.2, 0.25) is 5.02 Å². The molecule has 1 unspecified atom stereocenters. The maximum atomic E-state index is 13.1. The van der Waals surface area contributed by atoms with Gasteiger partial charge in [0, 0.05) is 25.0 Å². The lowest BCUT2D eigenvalue weighted by molar-refractivity contribution is -0.137. The van der Waals surface area contributed by atoms with Gasteiger partial charge in [0.2, 0.25) is 0 Å². The van der Waals surface area contributed by atoms with E-state index in [0.717, 1.165) is 22.3 Å². The number of aryl methyl sites for hydroxylation is 1. The molecule has 1 aliphatic heterocycles. The third-order valence-electron chi connectivity index (χ3n) is 6.37. The molecule has 10 heteroatoms. The number of rotatable bonds is 5. The number of aliphatic imine (C=N–C) groups is 1. The zero-order valence-corrected chi connectivity index (χ0v) is 20.6. The van der Waals surface area contributed by atoms with Crippen molar-refractivity contribution in [1.82, 2.24) is 9.13 Å². The van der Waals surface area contributed by atoms with Crippen molar-refractivity contribution in [2.45, 2.75) is 38.5 Å². The van der Waals surface area contributed by atoms with Gasteiger partial charge in [-0.15, -0.1) is 0 Å². The summed E-state index contributed by atoms with van der Waals surface area (Å²) in [6, 6.07) is 12.4. The van der Waals surface area contributed by atoms with Crippen LogP contribution in [0, 0.1) is 5.92 Å². The van der Waals surface area contributed by atoms with Gasteiger partial charge in [0.05, 0.1) is 11.1 Å². The number of benzene rings is 2. The summed E-state index contributed by atoms with van der Waals surface area (Å²) < 4.78 is 47.8. The van der Waals surface area contributed by atoms with Crippen LogP contribution in [-0.4, -0.2) is 15.0 Å². The first kappa shape index (κ1) is 25.8. The second-order valence-electron chi connectivity index (χ2n) is 8.85. The fourth-order valence-corrected chi connectivity index (χ4v) is 4.43. The highest BCUT2D eigenvalue weighted by Gasteiger charge is 2.31. The standard InChI is InChI=1S/C26H25ClF3N3O3/c1-32-22-21(24(34)33(2)25(32)35)13-10-18(9-6-16-7-11-20(27)12-8-16)23(31-22)36-15-17-4-3-5-19(14-17)26(28,29)30/h3-5,7-8,11-12,14,18H,6,9-10,13,15H2,1-2H3. The van der Waals surface area contributed by atoms with E-state index in [1.165, 1.54) is 24.7 Å². The van der Waals surface area contributed by atoms with E-state index in [-0.39, 0.29) is 18.3 Å². The van der Waals surface area contributed by atoms with Crippen molar-refractivity contribution in [3.8, 4) is 0 Å². The molecule has 4 rings (SSSR count). The lowest BCUT2D eigenvalue weighted by Gasteiger charge is -2.19. The Morgan fingerprint density at radius 3 is 2.47 bits per heavy atom. The SMILES string of the molecule is Cn1c2c(c(=O)n(C)c1=O)CCC(CCc1ccc(Cl)cc1)C(OCc1cccc(C(F)(F)F)c1)=N2. The quantitative estimate of drug-likeness (QED) is 0.465. The minimum atomic E-state index is -4.46.